The lowest BCUT2D eigenvalue weighted by Crippen LogP contribution is -2.18. The number of nitrogens with one attached hydrogen (secondary N) is 2. The van der Waals surface area contributed by atoms with Crippen LogP contribution in [-0.2, 0) is 6.18 Å². The van der Waals surface area contributed by atoms with Crippen molar-refractivity contribution in [1.82, 2.24) is 9.97 Å². The van der Waals surface area contributed by atoms with E-state index in [1.807, 2.05) is 6.92 Å². The van der Waals surface area contributed by atoms with E-state index in [9.17, 15) is 18.3 Å². The molecule has 24 heavy (non-hydrogen) atoms. The van der Waals surface area contributed by atoms with E-state index >= 15 is 0 Å². The molecule has 1 atom stereocenters. The Morgan fingerprint density at radius 2 is 1.96 bits per heavy atom. The van der Waals surface area contributed by atoms with Crippen molar-refractivity contribution in [1.29, 1.82) is 0 Å². The molecule has 0 saturated carbocycles. The van der Waals surface area contributed by atoms with Gasteiger partial charge in [0.25, 0.3) is 0 Å². The second-order valence-electron chi connectivity index (χ2n) is 5.20. The van der Waals surface area contributed by atoms with E-state index in [1.54, 1.807) is 6.92 Å². The van der Waals surface area contributed by atoms with Gasteiger partial charge in [0, 0.05) is 17.1 Å². The zero-order valence-corrected chi connectivity index (χ0v) is 13.7. The fourth-order valence-corrected chi connectivity index (χ4v) is 1.96. The maximum Gasteiger partial charge on any atom is 0.433 e. The quantitative estimate of drug-likeness (QED) is 0.667. The van der Waals surface area contributed by atoms with Crippen molar-refractivity contribution in [2.24, 2.45) is 0 Å². The number of alkyl halides is 3. The zero-order valence-electron chi connectivity index (χ0n) is 12.9. The van der Waals surface area contributed by atoms with E-state index in [0.29, 0.717) is 11.4 Å². The summed E-state index contributed by atoms with van der Waals surface area (Å²) in [6.07, 6.45) is -3.93. The van der Waals surface area contributed by atoms with Crippen molar-refractivity contribution in [3.05, 3.63) is 35.0 Å². The molecule has 0 aliphatic carbocycles. The Balaban J connectivity index is 2.40. The molecule has 1 aromatic heterocycles. The average Bonchev–Trinajstić information content (AvgIpc) is 2.49. The lowest BCUT2D eigenvalue weighted by atomic mass is 10.2. The van der Waals surface area contributed by atoms with Crippen molar-refractivity contribution >= 4 is 29.1 Å². The second kappa shape index (κ2) is 7.12. The summed E-state index contributed by atoms with van der Waals surface area (Å²) in [7, 11) is 0. The van der Waals surface area contributed by atoms with Gasteiger partial charge >= 0.3 is 6.18 Å². The van der Waals surface area contributed by atoms with E-state index < -0.39 is 11.9 Å². The first-order chi connectivity index (χ1) is 11.2. The average molecular weight is 361 g/mol. The van der Waals surface area contributed by atoms with Gasteiger partial charge in [-0.25, -0.2) is 4.98 Å². The first kappa shape index (κ1) is 18.1. The van der Waals surface area contributed by atoms with Gasteiger partial charge in [-0.3, -0.25) is 0 Å². The number of aromatic nitrogens is 2. The second-order valence-corrected chi connectivity index (χ2v) is 5.64. The highest BCUT2D eigenvalue weighted by molar-refractivity contribution is 6.30. The molecule has 1 aromatic carbocycles. The number of halogens is 4. The molecular formula is C15H16ClF3N4O. The smallest absolute Gasteiger partial charge is 0.433 e. The highest BCUT2D eigenvalue weighted by Gasteiger charge is 2.34. The highest BCUT2D eigenvalue weighted by Crippen LogP contribution is 2.33. The van der Waals surface area contributed by atoms with Crippen molar-refractivity contribution in [2.75, 3.05) is 10.6 Å². The first-order valence-electron chi connectivity index (χ1n) is 7.17. The molecule has 130 valence electrons. The van der Waals surface area contributed by atoms with Crippen LogP contribution in [-0.4, -0.2) is 21.1 Å². The van der Waals surface area contributed by atoms with E-state index in [0.717, 1.165) is 6.07 Å². The Labute approximate surface area is 141 Å². The lowest BCUT2D eigenvalue weighted by molar-refractivity contribution is -0.141. The van der Waals surface area contributed by atoms with E-state index in [1.165, 1.54) is 18.2 Å². The molecule has 2 rings (SSSR count). The molecule has 1 heterocycles. The minimum Gasteiger partial charge on any atom is -0.506 e. The van der Waals surface area contributed by atoms with Crippen molar-refractivity contribution < 1.29 is 18.3 Å². The number of rotatable bonds is 5. The monoisotopic (exact) mass is 360 g/mol. The molecule has 0 spiro atoms. The molecule has 9 heteroatoms. The van der Waals surface area contributed by atoms with Gasteiger partial charge < -0.3 is 15.7 Å². The summed E-state index contributed by atoms with van der Waals surface area (Å²) in [5.41, 5.74) is -0.948. The summed E-state index contributed by atoms with van der Waals surface area (Å²) >= 11 is 5.83. The molecule has 0 aliphatic rings. The summed E-state index contributed by atoms with van der Waals surface area (Å²) in [6.45, 7) is 3.69. The zero-order chi connectivity index (χ0) is 17.9. The Hall–Kier alpha value is -2.22. The summed E-state index contributed by atoms with van der Waals surface area (Å²) in [5.74, 6) is -0.424. The molecule has 0 amide bonds. The predicted octanol–water partition coefficient (Wildman–Crippen LogP) is 4.81. The fourth-order valence-electron chi connectivity index (χ4n) is 1.79. The number of hydrogen-bond acceptors (Lipinski definition) is 5. The van der Waals surface area contributed by atoms with E-state index in [-0.39, 0.29) is 29.2 Å². The third kappa shape index (κ3) is 4.64. The van der Waals surface area contributed by atoms with Crippen molar-refractivity contribution in [3.8, 4) is 5.75 Å². The van der Waals surface area contributed by atoms with Crippen LogP contribution >= 0.6 is 11.6 Å². The third-order valence-electron chi connectivity index (χ3n) is 3.23. The number of anilines is 3. The lowest BCUT2D eigenvalue weighted by Gasteiger charge is -2.16. The van der Waals surface area contributed by atoms with Gasteiger partial charge in [0.2, 0.25) is 5.95 Å². The third-order valence-corrected chi connectivity index (χ3v) is 3.46. The van der Waals surface area contributed by atoms with Crippen LogP contribution in [0, 0.1) is 0 Å². The van der Waals surface area contributed by atoms with Crippen LogP contribution in [0.15, 0.2) is 24.3 Å². The van der Waals surface area contributed by atoms with Crippen molar-refractivity contribution in [2.45, 2.75) is 32.5 Å². The van der Waals surface area contributed by atoms with Gasteiger partial charge in [-0.1, -0.05) is 18.5 Å². The summed E-state index contributed by atoms with van der Waals surface area (Å²) in [6, 6.07) is 4.84. The highest BCUT2D eigenvalue weighted by atomic mass is 35.5. The van der Waals surface area contributed by atoms with Crippen LogP contribution in [0.2, 0.25) is 5.02 Å². The maximum atomic E-state index is 13.0. The molecule has 0 unspecified atom stereocenters. The molecule has 2 aromatic rings. The van der Waals surface area contributed by atoms with Gasteiger partial charge in [-0.2, -0.15) is 18.2 Å². The van der Waals surface area contributed by atoms with Crippen LogP contribution < -0.4 is 10.6 Å². The van der Waals surface area contributed by atoms with Crippen LogP contribution in [0.1, 0.15) is 26.0 Å². The summed E-state index contributed by atoms with van der Waals surface area (Å²) in [4.78, 5) is 7.51. The van der Waals surface area contributed by atoms with Crippen molar-refractivity contribution in [3.63, 3.8) is 0 Å². The Bertz CT molecular complexity index is 724. The molecule has 0 radical (unpaired) electrons. The van der Waals surface area contributed by atoms with Gasteiger partial charge in [0.1, 0.15) is 11.6 Å². The van der Waals surface area contributed by atoms with E-state index in [4.69, 9.17) is 11.6 Å². The van der Waals surface area contributed by atoms with Gasteiger partial charge in [-0.15, -0.1) is 0 Å². The van der Waals surface area contributed by atoms with Crippen LogP contribution in [0.4, 0.5) is 30.6 Å². The number of benzene rings is 1. The fraction of sp³-hybridized carbons (Fsp3) is 0.333. The predicted molar refractivity (Wildman–Crippen MR) is 86.8 cm³/mol. The van der Waals surface area contributed by atoms with Crippen LogP contribution in [0.25, 0.3) is 0 Å². The first-order valence-corrected chi connectivity index (χ1v) is 7.55. The SMILES string of the molecule is CC[C@H](C)Nc1nc(Nc2cc(Cl)ccc2O)cc(C(F)(F)F)n1. The summed E-state index contributed by atoms with van der Waals surface area (Å²) < 4.78 is 39.1. The van der Waals surface area contributed by atoms with Gasteiger partial charge in [0.15, 0.2) is 5.69 Å². The molecule has 0 aliphatic heterocycles. The molecule has 0 fully saturated rings. The summed E-state index contributed by atoms with van der Waals surface area (Å²) in [5, 5.41) is 15.5. The molecule has 0 saturated heterocycles. The number of hydrogen-bond donors (Lipinski definition) is 3. The number of phenolic OH excluding ortho intramolecular Hbond substituents is 1. The van der Waals surface area contributed by atoms with E-state index in [2.05, 4.69) is 20.6 Å². The standard InChI is InChI=1S/C15H16ClF3N4O/c1-3-8(2)20-14-22-12(15(17,18)19)7-13(23-14)21-10-6-9(16)4-5-11(10)24/h4-8,24H,3H2,1-2H3,(H2,20,21,22,23)/t8-/m0/s1. The molecular weight excluding hydrogens is 345 g/mol. The maximum absolute atomic E-state index is 13.0. The number of phenols is 1. The topological polar surface area (TPSA) is 70.1 Å². The van der Waals surface area contributed by atoms with Gasteiger partial charge in [-0.05, 0) is 31.5 Å². The van der Waals surface area contributed by atoms with Crippen LogP contribution in [0.3, 0.4) is 0 Å². The van der Waals surface area contributed by atoms with Crippen LogP contribution in [0.5, 0.6) is 5.75 Å². The molecule has 0 bridgehead atoms. The number of nitrogens with zero attached hydrogens (tertiary/aromatic N) is 2. The minimum atomic E-state index is -4.62. The number of aromatic hydroxyl groups is 1. The van der Waals surface area contributed by atoms with Gasteiger partial charge in [0.05, 0.1) is 5.69 Å². The normalized spacial score (nSPS) is 12.8. The Morgan fingerprint density at radius 1 is 1.25 bits per heavy atom. The molecule has 5 nitrogen and oxygen atoms in total. The minimum absolute atomic E-state index is 0.0964. The molecule has 3 N–H and O–H groups in total. The Kier molecular flexibility index (Phi) is 5.38. The Morgan fingerprint density at radius 3 is 2.58 bits per heavy atom. The largest absolute Gasteiger partial charge is 0.506 e.